The predicted octanol–water partition coefficient (Wildman–Crippen LogP) is 12.4. The van der Waals surface area contributed by atoms with Crippen molar-refractivity contribution in [3.8, 4) is 23.0 Å². The summed E-state index contributed by atoms with van der Waals surface area (Å²) in [5.74, 6) is 3.34. The molecule has 18 nitrogen and oxygen atoms in total. The molecule has 6 bridgehead atoms. The SMILES string of the molecule is CC(C)C(Oc1cccc2c1C1=NC2=Nc2c3c(OC(C(C)C)C(C)C)cccc3c3[n]2[Al]([O]S(=O)(=O)CCCOCCC(=O)O)[n]2c(c4cccc(OC(C(C)C)C(C)C)c4c2=NC2=NC(=N3)c3c(OC(C(C)C)C(C)C)cccc32)=N1)C(C)C. The van der Waals surface area contributed by atoms with Crippen molar-refractivity contribution < 1.29 is 45.2 Å². The number of nitrogens with zero attached hydrogens (tertiary/aromatic N) is 8. The molecule has 0 fully saturated rings. The Morgan fingerprint density at radius 2 is 0.895 bits per heavy atom. The summed E-state index contributed by atoms with van der Waals surface area (Å²) in [7, 11) is -4.56. The number of rotatable bonds is 25. The summed E-state index contributed by atoms with van der Waals surface area (Å²) in [6.07, 6.45) is -1.12. The van der Waals surface area contributed by atoms with E-state index in [4.69, 9.17) is 56.9 Å². The van der Waals surface area contributed by atoms with Gasteiger partial charge in [-0.3, -0.25) is 4.79 Å². The van der Waals surface area contributed by atoms with Gasteiger partial charge in [-0.15, -0.1) is 0 Å². The molecule has 2 aromatic heterocycles. The van der Waals surface area contributed by atoms with Gasteiger partial charge in [0, 0.05) is 28.5 Å². The topological polar surface area (TPSA) is 211 Å². The van der Waals surface area contributed by atoms with E-state index in [1.165, 1.54) is 0 Å². The van der Waals surface area contributed by atoms with E-state index in [1.54, 1.807) is 0 Å². The first-order valence-corrected chi connectivity index (χ1v) is 33.7. The van der Waals surface area contributed by atoms with Crippen molar-refractivity contribution in [2.24, 2.45) is 77.3 Å². The van der Waals surface area contributed by atoms with Crippen LogP contribution in [-0.2, 0) is 22.9 Å². The maximum absolute atomic E-state index is 15.4. The van der Waals surface area contributed by atoms with Crippen LogP contribution in [0.25, 0.3) is 21.5 Å². The normalized spacial score (nSPS) is 14.6. The molecule has 4 aromatic carbocycles. The molecule has 86 heavy (non-hydrogen) atoms. The fraction of sp³-hybridized carbons (Fsp3) is 0.500. The second kappa shape index (κ2) is 25.2. The number of hydrogen-bond donors (Lipinski definition) is 1. The lowest BCUT2D eigenvalue weighted by atomic mass is 9.96. The second-order valence-corrected chi connectivity index (χ2v) is 29.8. The highest BCUT2D eigenvalue weighted by Crippen LogP contribution is 2.47. The van der Waals surface area contributed by atoms with Gasteiger partial charge in [0.05, 0.1) is 40.7 Å². The van der Waals surface area contributed by atoms with E-state index < -0.39 is 36.8 Å². The van der Waals surface area contributed by atoms with Crippen LogP contribution in [0, 0.1) is 47.3 Å². The van der Waals surface area contributed by atoms with E-state index in [9.17, 15) is 9.90 Å². The smallest absolute Gasteiger partial charge is 0.489 e. The summed E-state index contributed by atoms with van der Waals surface area (Å²) in [6.45, 7) is 34.1. The number of carboxylic acid groups (broad SMARTS) is 1. The van der Waals surface area contributed by atoms with Gasteiger partial charge in [-0.05, 0) is 78.0 Å². The number of carbonyl (C=O) groups is 1. The van der Waals surface area contributed by atoms with Crippen molar-refractivity contribution in [1.82, 2.24) is 7.10 Å². The zero-order valence-corrected chi connectivity index (χ0v) is 54.5. The molecule has 0 radical (unpaired) electrons. The third kappa shape index (κ3) is 12.2. The molecule has 1 N–H and O–H groups in total. The molecule has 4 aliphatic heterocycles. The Labute approximate surface area is 510 Å². The van der Waals surface area contributed by atoms with E-state index in [0.717, 1.165) is 0 Å². The number of amidine groups is 4. The van der Waals surface area contributed by atoms with Crippen LogP contribution in [-0.4, -0.2) is 108 Å². The molecule has 6 aromatic rings. The summed E-state index contributed by atoms with van der Waals surface area (Å²) in [4.78, 5) is 44.8. The number of hydrogen-bond acceptors (Lipinski definition) is 15. The first-order valence-electron chi connectivity index (χ1n) is 30.6. The van der Waals surface area contributed by atoms with Gasteiger partial charge in [0.2, 0.25) is 10.1 Å². The van der Waals surface area contributed by atoms with Crippen molar-refractivity contribution >= 4 is 87.5 Å². The minimum Gasteiger partial charge on any atom is -0.489 e. The van der Waals surface area contributed by atoms with Gasteiger partial charge in [-0.1, -0.05) is 159 Å². The molecule has 0 atom stereocenters. The van der Waals surface area contributed by atoms with Gasteiger partial charge in [0.25, 0.3) is 0 Å². The van der Waals surface area contributed by atoms with Crippen LogP contribution in [0.5, 0.6) is 23.0 Å². The molecule has 20 heteroatoms. The van der Waals surface area contributed by atoms with Crippen molar-refractivity contribution in [1.29, 1.82) is 0 Å². The summed E-state index contributed by atoms with van der Waals surface area (Å²) >= 11 is -4.12. The van der Waals surface area contributed by atoms with Gasteiger partial charge in [0.15, 0.2) is 23.3 Å². The maximum atomic E-state index is 15.4. The number of fused-ring (bicyclic) bond motifs is 14. The van der Waals surface area contributed by atoms with Crippen LogP contribution in [0.3, 0.4) is 0 Å². The van der Waals surface area contributed by atoms with Gasteiger partial charge in [0.1, 0.15) is 70.0 Å². The Bertz CT molecular complexity index is 3940. The van der Waals surface area contributed by atoms with E-state index in [1.807, 2.05) is 79.9 Å². The highest BCUT2D eigenvalue weighted by molar-refractivity contribution is 7.87. The second-order valence-electron chi connectivity index (χ2n) is 25.8. The lowest BCUT2D eigenvalue weighted by Gasteiger charge is -2.27. The number of aromatic nitrogens is 2. The van der Waals surface area contributed by atoms with Crippen LogP contribution >= 0.6 is 0 Å². The summed E-state index contributed by atoms with van der Waals surface area (Å²) < 4.78 is 75.7. The van der Waals surface area contributed by atoms with Gasteiger partial charge in [-0.2, -0.15) is 0 Å². The maximum Gasteiger partial charge on any atom is 0.825 e. The van der Waals surface area contributed by atoms with Crippen molar-refractivity contribution in [2.75, 3.05) is 19.0 Å². The fourth-order valence-electron chi connectivity index (χ4n) is 12.7. The molecule has 456 valence electrons. The Morgan fingerprint density at radius 3 is 1.41 bits per heavy atom. The van der Waals surface area contributed by atoms with Gasteiger partial charge >= 0.3 is 20.9 Å². The molecule has 0 aliphatic carbocycles. The molecule has 0 unspecified atom stereocenters. The lowest BCUT2D eigenvalue weighted by Crippen LogP contribution is -2.50. The molecule has 10 rings (SSSR count). The Hall–Kier alpha value is -6.69. The van der Waals surface area contributed by atoms with E-state index in [2.05, 4.69) is 111 Å². The molecule has 0 saturated heterocycles. The highest BCUT2D eigenvalue weighted by Gasteiger charge is 2.47. The zero-order chi connectivity index (χ0) is 61.8. The zero-order valence-electron chi connectivity index (χ0n) is 52.6. The standard InChI is InChI=1S/C60H72N8O4.C6H12O6S.Al/c1-29(2)49(30(3)4)69-41-25-17-21-37-45(41)57-61-53(37)66-58-47-39(23-19-27-43(47)71-51(33(9)10)34(11)12)55(63-58)68-60-48-40(24-20-28-44(48)72-52(35(13)14)36(15)16)56(64-60)67-59-46-38(54(62-59)65-57)22-18-26-42(46)70-50(31(5)6)32(7)8;7-6(8)2-4-12-3-1-5-13(9,10)11;/h17-36,49-52H,1-16H3;1-5H2,(H,7,8)(H,9,10,11);/q-2;;+3/p-1. The first kappa shape index (κ1) is 62.4. The molecular formula is C66H83AlN8O10S. The molecule has 4 aliphatic rings. The Balaban J connectivity index is 1.41. The summed E-state index contributed by atoms with van der Waals surface area (Å²) in [5.41, 5.74) is 3.13. The van der Waals surface area contributed by atoms with Crippen molar-refractivity contribution in [3.05, 3.63) is 106 Å². The molecule has 0 amide bonds. The molecule has 0 spiro atoms. The van der Waals surface area contributed by atoms with Crippen LogP contribution < -0.4 is 29.9 Å². The highest BCUT2D eigenvalue weighted by atomic mass is 32.2. The fourth-order valence-corrected chi connectivity index (χ4v) is 17.1. The predicted molar refractivity (Wildman–Crippen MR) is 340 cm³/mol. The summed E-state index contributed by atoms with van der Waals surface area (Å²) in [6, 6.07) is 23.3. The monoisotopic (exact) mass is 1210 g/mol. The average Bonchev–Trinajstić information content (AvgIpc) is 1.59. The Morgan fingerprint density at radius 1 is 0.477 bits per heavy atom. The number of aliphatic imine (C=N–C) groups is 4. The third-order valence-electron chi connectivity index (χ3n) is 16.3. The van der Waals surface area contributed by atoms with Crippen LogP contribution in [0.15, 0.2) is 103 Å². The van der Waals surface area contributed by atoms with E-state index in [-0.39, 0.29) is 109 Å². The molecule has 6 heterocycles. The van der Waals surface area contributed by atoms with Gasteiger partial charge < -0.3 is 39.1 Å². The van der Waals surface area contributed by atoms with Crippen LogP contribution in [0.4, 0.5) is 11.6 Å². The van der Waals surface area contributed by atoms with Crippen LogP contribution in [0.1, 0.15) is 146 Å². The minimum atomic E-state index is -4.56. The lowest BCUT2D eigenvalue weighted by molar-refractivity contribution is -0.138. The molecular weight excluding hydrogens is 1120 g/mol. The first-order chi connectivity index (χ1) is 40.8. The molecule has 0 saturated carbocycles. The van der Waals surface area contributed by atoms with Crippen molar-refractivity contribution in [2.45, 2.75) is 148 Å². The largest absolute Gasteiger partial charge is 0.825 e. The number of aliphatic carboxylic acids is 1. The minimum absolute atomic E-state index is 0.00199. The van der Waals surface area contributed by atoms with Crippen LogP contribution in [0.2, 0.25) is 0 Å². The van der Waals surface area contributed by atoms with Crippen molar-refractivity contribution in [3.63, 3.8) is 0 Å². The number of ether oxygens (including phenoxy) is 5. The number of benzene rings is 4. The van der Waals surface area contributed by atoms with Gasteiger partial charge in [-0.25, -0.2) is 38.4 Å². The third-order valence-corrected chi connectivity index (χ3v) is 20.8. The Kier molecular flexibility index (Phi) is 18.3. The quantitative estimate of drug-likeness (QED) is 0.0423. The average molecular weight is 1210 g/mol. The number of carboxylic acids is 1. The summed E-state index contributed by atoms with van der Waals surface area (Å²) in [5, 5.41) is 11.6. The van der Waals surface area contributed by atoms with E-state index in [0.29, 0.717) is 101 Å². The van der Waals surface area contributed by atoms with E-state index >= 15 is 8.42 Å².